The predicted octanol–water partition coefficient (Wildman–Crippen LogP) is 2.33. The molecule has 2 aliphatic rings. The summed E-state index contributed by atoms with van der Waals surface area (Å²) in [6.45, 7) is 0.666. The van der Waals surface area contributed by atoms with Crippen LogP contribution in [0.4, 0.5) is 4.39 Å². The summed E-state index contributed by atoms with van der Waals surface area (Å²) in [7, 11) is 0. The highest BCUT2D eigenvalue weighted by Crippen LogP contribution is 2.32. The van der Waals surface area contributed by atoms with E-state index in [-0.39, 0.29) is 11.7 Å². The minimum absolute atomic E-state index is 0.00852. The molecule has 15 heavy (non-hydrogen) atoms. The van der Waals surface area contributed by atoms with Crippen molar-refractivity contribution in [1.29, 1.82) is 0 Å². The van der Waals surface area contributed by atoms with Gasteiger partial charge in [0.2, 0.25) is 0 Å². The summed E-state index contributed by atoms with van der Waals surface area (Å²) in [6, 6.07) is 4.90. The molecule has 78 valence electrons. The van der Waals surface area contributed by atoms with Crippen LogP contribution < -0.4 is 0 Å². The van der Waals surface area contributed by atoms with E-state index in [2.05, 4.69) is 0 Å². The molecule has 0 atom stereocenters. The van der Waals surface area contributed by atoms with E-state index in [0.717, 1.165) is 18.4 Å². The molecule has 0 aromatic heterocycles. The van der Waals surface area contributed by atoms with Crippen molar-refractivity contribution in [3.63, 3.8) is 0 Å². The van der Waals surface area contributed by atoms with Crippen molar-refractivity contribution in [1.82, 2.24) is 4.90 Å². The fourth-order valence-electron chi connectivity index (χ4n) is 2.29. The van der Waals surface area contributed by atoms with Crippen LogP contribution in [0, 0.1) is 5.82 Å². The number of rotatable bonds is 1. The molecule has 0 spiro atoms. The monoisotopic (exact) mass is 205 g/mol. The van der Waals surface area contributed by atoms with Crippen LogP contribution in [-0.4, -0.2) is 16.8 Å². The number of carbonyl (C=O) groups excluding carboxylic acids is 1. The topological polar surface area (TPSA) is 20.3 Å². The van der Waals surface area contributed by atoms with Crippen LogP contribution in [0.25, 0.3) is 0 Å². The van der Waals surface area contributed by atoms with Gasteiger partial charge in [0.1, 0.15) is 5.82 Å². The Labute approximate surface area is 87.7 Å². The lowest BCUT2D eigenvalue weighted by molar-refractivity contribution is 0.0606. The molecule has 3 heteroatoms. The number of benzene rings is 1. The second-order valence-electron chi connectivity index (χ2n) is 4.32. The molecule has 0 radical (unpaired) electrons. The van der Waals surface area contributed by atoms with E-state index in [1.165, 1.54) is 18.6 Å². The van der Waals surface area contributed by atoms with Gasteiger partial charge in [-0.3, -0.25) is 4.79 Å². The first-order valence-corrected chi connectivity index (χ1v) is 5.35. The highest BCUT2D eigenvalue weighted by molar-refractivity contribution is 5.98. The van der Waals surface area contributed by atoms with Crippen molar-refractivity contribution in [2.45, 2.75) is 31.8 Å². The average molecular weight is 205 g/mol. The molecule has 1 fully saturated rings. The van der Waals surface area contributed by atoms with E-state index < -0.39 is 0 Å². The van der Waals surface area contributed by atoms with E-state index in [1.807, 2.05) is 4.90 Å². The number of amides is 1. The number of hydrogen-bond donors (Lipinski definition) is 0. The summed E-state index contributed by atoms with van der Waals surface area (Å²) in [5, 5.41) is 0. The Morgan fingerprint density at radius 1 is 1.33 bits per heavy atom. The highest BCUT2D eigenvalue weighted by Gasteiger charge is 2.35. The Bertz CT molecular complexity index is 426. The summed E-state index contributed by atoms with van der Waals surface area (Å²) < 4.78 is 13.0. The van der Waals surface area contributed by atoms with Crippen LogP contribution >= 0.6 is 0 Å². The van der Waals surface area contributed by atoms with E-state index in [1.54, 1.807) is 6.07 Å². The average Bonchev–Trinajstić information content (AvgIpc) is 2.43. The number of carbonyl (C=O) groups is 1. The first-order chi connectivity index (χ1) is 7.25. The van der Waals surface area contributed by atoms with Crippen LogP contribution in [0.3, 0.4) is 0 Å². The van der Waals surface area contributed by atoms with Gasteiger partial charge in [0.25, 0.3) is 5.91 Å². The van der Waals surface area contributed by atoms with Crippen molar-refractivity contribution in [3.05, 3.63) is 35.1 Å². The van der Waals surface area contributed by atoms with Crippen LogP contribution in [0.5, 0.6) is 0 Å². The van der Waals surface area contributed by atoms with Gasteiger partial charge in [-0.2, -0.15) is 0 Å². The minimum Gasteiger partial charge on any atom is -0.331 e. The van der Waals surface area contributed by atoms with E-state index >= 15 is 0 Å². The van der Waals surface area contributed by atoms with Crippen molar-refractivity contribution in [2.75, 3.05) is 0 Å². The lowest BCUT2D eigenvalue weighted by Gasteiger charge is -2.34. The van der Waals surface area contributed by atoms with E-state index in [4.69, 9.17) is 0 Å². The molecule has 0 saturated heterocycles. The molecular weight excluding hydrogens is 193 g/mol. The third-order valence-electron chi connectivity index (χ3n) is 3.42. The summed E-state index contributed by atoms with van der Waals surface area (Å²) in [4.78, 5) is 13.8. The summed E-state index contributed by atoms with van der Waals surface area (Å²) in [6.07, 6.45) is 3.41. The number of fused-ring (bicyclic) bond motifs is 1. The fourth-order valence-corrected chi connectivity index (χ4v) is 2.29. The third kappa shape index (κ3) is 1.26. The zero-order valence-corrected chi connectivity index (χ0v) is 8.37. The molecule has 1 saturated carbocycles. The molecule has 1 amide bonds. The Morgan fingerprint density at radius 2 is 2.13 bits per heavy atom. The zero-order valence-electron chi connectivity index (χ0n) is 8.37. The summed E-state index contributed by atoms with van der Waals surface area (Å²) >= 11 is 0. The fraction of sp³-hybridized carbons (Fsp3) is 0.417. The minimum atomic E-state index is -0.322. The van der Waals surface area contributed by atoms with Gasteiger partial charge in [0, 0.05) is 18.2 Å². The lowest BCUT2D eigenvalue weighted by Crippen LogP contribution is -2.40. The molecule has 1 aliphatic heterocycles. The van der Waals surface area contributed by atoms with Crippen molar-refractivity contribution in [2.24, 2.45) is 0 Å². The maximum absolute atomic E-state index is 13.0. The van der Waals surface area contributed by atoms with Crippen molar-refractivity contribution >= 4 is 5.91 Å². The number of nitrogens with zero attached hydrogens (tertiary/aromatic N) is 1. The third-order valence-corrected chi connectivity index (χ3v) is 3.42. The lowest BCUT2D eigenvalue weighted by atomic mass is 9.92. The number of halogens is 1. The molecule has 0 bridgehead atoms. The molecule has 1 aromatic carbocycles. The second kappa shape index (κ2) is 3.05. The molecule has 3 rings (SSSR count). The van der Waals surface area contributed by atoms with Gasteiger partial charge in [-0.1, -0.05) is 6.07 Å². The molecule has 1 aromatic rings. The van der Waals surface area contributed by atoms with Crippen LogP contribution in [0.2, 0.25) is 0 Å². The highest BCUT2D eigenvalue weighted by atomic mass is 19.1. The molecule has 1 aliphatic carbocycles. The normalized spacial score (nSPS) is 20.3. The molecule has 2 nitrogen and oxygen atoms in total. The number of hydrogen-bond acceptors (Lipinski definition) is 1. The Balaban J connectivity index is 1.94. The van der Waals surface area contributed by atoms with E-state index in [0.29, 0.717) is 18.2 Å². The standard InChI is InChI=1S/C12H12FNO/c13-9-5-4-8-7-14(10-2-1-3-10)12(15)11(8)6-9/h4-6,10H,1-3,7H2. The van der Waals surface area contributed by atoms with Gasteiger partial charge in [-0.25, -0.2) is 4.39 Å². The molecular formula is C12H12FNO. The molecule has 0 N–H and O–H groups in total. The first kappa shape index (κ1) is 8.89. The smallest absolute Gasteiger partial charge is 0.254 e. The summed E-state index contributed by atoms with van der Waals surface area (Å²) in [5.41, 5.74) is 1.52. The Kier molecular flexibility index (Phi) is 1.81. The van der Waals surface area contributed by atoms with Crippen LogP contribution in [0.15, 0.2) is 18.2 Å². The quantitative estimate of drug-likeness (QED) is 0.689. The van der Waals surface area contributed by atoms with Crippen LogP contribution in [-0.2, 0) is 6.54 Å². The maximum atomic E-state index is 13.0. The van der Waals surface area contributed by atoms with Gasteiger partial charge < -0.3 is 4.90 Å². The second-order valence-corrected chi connectivity index (χ2v) is 4.32. The van der Waals surface area contributed by atoms with Gasteiger partial charge in [0.05, 0.1) is 0 Å². The van der Waals surface area contributed by atoms with E-state index in [9.17, 15) is 9.18 Å². The Morgan fingerprint density at radius 3 is 2.80 bits per heavy atom. The zero-order chi connectivity index (χ0) is 10.4. The van der Waals surface area contributed by atoms with Crippen molar-refractivity contribution in [3.8, 4) is 0 Å². The Hall–Kier alpha value is -1.38. The maximum Gasteiger partial charge on any atom is 0.254 e. The predicted molar refractivity (Wildman–Crippen MR) is 53.9 cm³/mol. The van der Waals surface area contributed by atoms with Crippen LogP contribution in [0.1, 0.15) is 35.2 Å². The summed E-state index contributed by atoms with van der Waals surface area (Å²) in [5.74, 6) is -0.313. The first-order valence-electron chi connectivity index (χ1n) is 5.35. The molecule has 0 unspecified atom stereocenters. The van der Waals surface area contributed by atoms with Crippen molar-refractivity contribution < 1.29 is 9.18 Å². The largest absolute Gasteiger partial charge is 0.331 e. The van der Waals surface area contributed by atoms with Gasteiger partial charge in [0.15, 0.2) is 0 Å². The van der Waals surface area contributed by atoms with Gasteiger partial charge >= 0.3 is 0 Å². The SMILES string of the molecule is O=C1c2cc(F)ccc2CN1C1CCC1. The van der Waals surface area contributed by atoms with Gasteiger partial charge in [-0.05, 0) is 37.0 Å². The van der Waals surface area contributed by atoms with Gasteiger partial charge in [-0.15, -0.1) is 0 Å². The molecule has 1 heterocycles.